The van der Waals surface area contributed by atoms with E-state index in [1.54, 1.807) is 25.4 Å². The van der Waals surface area contributed by atoms with Crippen LogP contribution in [0.25, 0.3) is 10.9 Å². The van der Waals surface area contributed by atoms with Gasteiger partial charge in [-0.15, -0.1) is 0 Å². The molecular formula is C28H29ClN8O3S. The summed E-state index contributed by atoms with van der Waals surface area (Å²) in [6.07, 6.45) is 7.41. The van der Waals surface area contributed by atoms with Gasteiger partial charge in [-0.2, -0.15) is 0 Å². The van der Waals surface area contributed by atoms with Gasteiger partial charge in [0.15, 0.2) is 11.5 Å². The van der Waals surface area contributed by atoms with Crippen molar-refractivity contribution in [2.45, 2.75) is 41.8 Å². The van der Waals surface area contributed by atoms with Gasteiger partial charge in [-0.25, -0.2) is 15.0 Å². The van der Waals surface area contributed by atoms with Crippen molar-refractivity contribution in [1.29, 1.82) is 0 Å². The number of rotatable bonds is 7. The second-order valence-electron chi connectivity index (χ2n) is 10.4. The van der Waals surface area contributed by atoms with Crippen LogP contribution >= 0.6 is 23.4 Å². The van der Waals surface area contributed by atoms with Crippen LogP contribution in [-0.4, -0.2) is 57.2 Å². The Morgan fingerprint density at radius 2 is 2.02 bits per heavy atom. The Labute approximate surface area is 245 Å². The molecular weight excluding hydrogens is 564 g/mol. The SMILES string of the molecule is COCCn1cnc2ccc(Sc3cnc(N4CCC5(CC4)Cc4ncccc4C5N)c(C(N)=O)n3)c(Cl)c2c1=O. The van der Waals surface area contributed by atoms with Crippen LogP contribution in [0, 0.1) is 5.41 Å². The van der Waals surface area contributed by atoms with Crippen molar-refractivity contribution in [2.75, 3.05) is 31.7 Å². The van der Waals surface area contributed by atoms with Crippen LogP contribution in [-0.2, 0) is 17.7 Å². The number of benzene rings is 1. The van der Waals surface area contributed by atoms with Gasteiger partial charge in [0.05, 0.1) is 41.6 Å². The number of primary amides is 1. The largest absolute Gasteiger partial charge is 0.383 e. The number of halogens is 1. The van der Waals surface area contributed by atoms with E-state index in [4.69, 9.17) is 27.8 Å². The van der Waals surface area contributed by atoms with Crippen LogP contribution in [0.5, 0.6) is 0 Å². The maximum absolute atomic E-state index is 13.1. The van der Waals surface area contributed by atoms with Gasteiger partial charge in [-0.3, -0.25) is 19.1 Å². The zero-order valence-electron chi connectivity index (χ0n) is 22.4. The Balaban J connectivity index is 1.24. The molecule has 2 aliphatic rings. The summed E-state index contributed by atoms with van der Waals surface area (Å²) in [7, 11) is 1.57. The van der Waals surface area contributed by atoms with Crippen molar-refractivity contribution in [3.8, 4) is 0 Å². The van der Waals surface area contributed by atoms with Gasteiger partial charge in [0.1, 0.15) is 5.03 Å². The van der Waals surface area contributed by atoms with Crippen LogP contribution in [0.15, 0.2) is 57.7 Å². The Morgan fingerprint density at radius 3 is 2.76 bits per heavy atom. The highest BCUT2D eigenvalue weighted by Crippen LogP contribution is 2.50. The predicted molar refractivity (Wildman–Crippen MR) is 156 cm³/mol. The number of methoxy groups -OCH3 is 1. The first-order valence-electron chi connectivity index (χ1n) is 13.3. The van der Waals surface area contributed by atoms with E-state index in [2.05, 4.69) is 26.0 Å². The summed E-state index contributed by atoms with van der Waals surface area (Å²) in [4.78, 5) is 46.3. The van der Waals surface area contributed by atoms with Gasteiger partial charge in [0, 0.05) is 43.0 Å². The molecule has 4 aromatic rings. The van der Waals surface area contributed by atoms with Crippen molar-refractivity contribution >= 4 is 46.0 Å². The number of aromatic nitrogens is 5. The van der Waals surface area contributed by atoms with Crippen molar-refractivity contribution < 1.29 is 9.53 Å². The van der Waals surface area contributed by atoms with E-state index >= 15 is 0 Å². The number of anilines is 1. The average molecular weight is 593 g/mol. The van der Waals surface area contributed by atoms with Gasteiger partial charge in [-0.05, 0) is 48.4 Å². The fraction of sp³-hybridized carbons (Fsp3) is 0.357. The van der Waals surface area contributed by atoms with Crippen molar-refractivity contribution in [3.63, 3.8) is 0 Å². The summed E-state index contributed by atoms with van der Waals surface area (Å²) < 4.78 is 6.54. The lowest BCUT2D eigenvalue weighted by atomic mass is 9.73. The minimum atomic E-state index is -0.667. The molecule has 1 aromatic carbocycles. The molecule has 11 nitrogen and oxygen atoms in total. The third-order valence-corrected chi connectivity index (χ3v) is 9.58. The van der Waals surface area contributed by atoms with E-state index in [0.29, 0.717) is 52.9 Å². The zero-order chi connectivity index (χ0) is 28.7. The number of hydrogen-bond acceptors (Lipinski definition) is 10. The molecule has 4 N–H and O–H groups in total. The molecule has 1 aliphatic carbocycles. The molecule has 1 fully saturated rings. The highest BCUT2D eigenvalue weighted by molar-refractivity contribution is 7.99. The van der Waals surface area contributed by atoms with Gasteiger partial charge in [-0.1, -0.05) is 29.4 Å². The van der Waals surface area contributed by atoms with Crippen LogP contribution in [0.2, 0.25) is 5.02 Å². The molecule has 13 heteroatoms. The predicted octanol–water partition coefficient (Wildman–Crippen LogP) is 2.97. The summed E-state index contributed by atoms with van der Waals surface area (Å²) in [5.74, 6) is -0.215. The summed E-state index contributed by atoms with van der Waals surface area (Å²) >= 11 is 7.90. The molecule has 1 amide bonds. The Kier molecular flexibility index (Phi) is 7.41. The number of amides is 1. The minimum Gasteiger partial charge on any atom is -0.383 e. The zero-order valence-corrected chi connectivity index (χ0v) is 24.0. The lowest BCUT2D eigenvalue weighted by Crippen LogP contribution is -2.45. The molecule has 0 radical (unpaired) electrons. The number of piperidine rings is 1. The van der Waals surface area contributed by atoms with E-state index in [-0.39, 0.29) is 27.7 Å². The van der Waals surface area contributed by atoms with Crippen LogP contribution in [0.4, 0.5) is 5.82 Å². The molecule has 1 unspecified atom stereocenters. The molecule has 1 saturated heterocycles. The first-order valence-corrected chi connectivity index (χ1v) is 14.5. The Hall–Kier alpha value is -3.58. The lowest BCUT2D eigenvalue weighted by Gasteiger charge is -2.42. The number of carbonyl (C=O) groups is 1. The van der Waals surface area contributed by atoms with Crippen molar-refractivity contribution in [1.82, 2.24) is 24.5 Å². The number of fused-ring (bicyclic) bond motifs is 2. The maximum Gasteiger partial charge on any atom is 0.271 e. The first kappa shape index (κ1) is 27.6. The van der Waals surface area contributed by atoms with Crippen molar-refractivity contribution in [2.24, 2.45) is 16.9 Å². The standard InChI is InChI=1S/C28H29ClN8O3S/c1-40-12-11-37-15-34-17-4-5-19(22(29)21(17)27(37)39)41-20-14-33-26(23(35-20)25(31)38)36-9-6-28(7-10-36)13-18-16(24(28)30)3-2-8-32-18/h2-5,8,14-15,24H,6-7,9-13,30H2,1H3,(H2,31,38). The van der Waals surface area contributed by atoms with Gasteiger partial charge in [0.2, 0.25) is 0 Å². The van der Waals surface area contributed by atoms with E-state index in [1.165, 1.54) is 22.7 Å². The molecule has 4 heterocycles. The van der Waals surface area contributed by atoms with Crippen LogP contribution < -0.4 is 21.9 Å². The fourth-order valence-corrected chi connectivity index (χ4v) is 7.00. The Morgan fingerprint density at radius 1 is 1.22 bits per heavy atom. The second-order valence-corrected chi connectivity index (χ2v) is 11.8. The highest BCUT2D eigenvalue weighted by atomic mass is 35.5. The monoisotopic (exact) mass is 592 g/mol. The molecule has 1 spiro atoms. The quantitative estimate of drug-likeness (QED) is 0.327. The van der Waals surface area contributed by atoms with E-state index in [1.807, 2.05) is 17.2 Å². The topological polar surface area (TPSA) is 155 Å². The third kappa shape index (κ3) is 4.94. The summed E-state index contributed by atoms with van der Waals surface area (Å²) in [6, 6.07) is 7.43. The average Bonchev–Trinajstić information content (AvgIpc) is 3.25. The summed E-state index contributed by atoms with van der Waals surface area (Å²) in [5, 5.41) is 0.993. The fourth-order valence-electron chi connectivity index (χ4n) is 5.84. The number of nitrogens with zero attached hydrogens (tertiary/aromatic N) is 6. The summed E-state index contributed by atoms with van der Waals surface area (Å²) in [5.41, 5.74) is 14.9. The number of ether oxygens (including phenoxy) is 1. The highest BCUT2D eigenvalue weighted by Gasteiger charge is 2.47. The number of pyridine rings is 1. The number of carbonyl (C=O) groups excluding carboxylic acids is 1. The Bertz CT molecular complexity index is 1710. The van der Waals surface area contributed by atoms with Crippen molar-refractivity contribution in [3.05, 3.63) is 75.3 Å². The maximum atomic E-state index is 13.1. The minimum absolute atomic E-state index is 0.0624. The van der Waals surface area contributed by atoms with E-state index < -0.39 is 5.91 Å². The van der Waals surface area contributed by atoms with Gasteiger partial charge < -0.3 is 21.1 Å². The third-order valence-electron chi connectivity index (χ3n) is 8.11. The number of hydrogen-bond donors (Lipinski definition) is 2. The molecule has 0 bridgehead atoms. The molecule has 1 aliphatic heterocycles. The van der Waals surface area contributed by atoms with E-state index in [9.17, 15) is 9.59 Å². The van der Waals surface area contributed by atoms with Crippen LogP contribution in [0.3, 0.4) is 0 Å². The molecule has 1 atom stereocenters. The molecule has 41 heavy (non-hydrogen) atoms. The lowest BCUT2D eigenvalue weighted by molar-refractivity contribution is 0.0994. The molecule has 212 valence electrons. The molecule has 6 rings (SSSR count). The molecule has 3 aromatic heterocycles. The number of nitrogens with two attached hydrogens (primary N) is 2. The normalized spacial score (nSPS) is 17.7. The second kappa shape index (κ2) is 11.0. The van der Waals surface area contributed by atoms with Crippen LogP contribution in [0.1, 0.15) is 40.6 Å². The van der Waals surface area contributed by atoms with E-state index in [0.717, 1.165) is 30.5 Å². The first-order chi connectivity index (χ1) is 19.8. The molecule has 0 saturated carbocycles. The van der Waals surface area contributed by atoms with Gasteiger partial charge in [0.25, 0.3) is 11.5 Å². The smallest absolute Gasteiger partial charge is 0.271 e. The summed E-state index contributed by atoms with van der Waals surface area (Å²) in [6.45, 7) is 2.06. The van der Waals surface area contributed by atoms with Gasteiger partial charge >= 0.3 is 0 Å².